The quantitative estimate of drug-likeness (QED) is 0.694. The Morgan fingerprint density at radius 2 is 2.05 bits per heavy atom. The van der Waals surface area contributed by atoms with Crippen LogP contribution in [0.4, 0.5) is 0 Å². The third-order valence-corrected chi connectivity index (χ3v) is 2.84. The van der Waals surface area contributed by atoms with E-state index in [-0.39, 0.29) is 6.61 Å². The summed E-state index contributed by atoms with van der Waals surface area (Å²) in [5.74, 6) is 4.29. The highest BCUT2D eigenvalue weighted by Gasteiger charge is 2.27. The highest BCUT2D eigenvalue weighted by atomic mass is 16.2. The van der Waals surface area contributed by atoms with Gasteiger partial charge in [-0.15, -0.1) is 0 Å². The second kappa shape index (κ2) is 6.22. The Kier molecular flexibility index (Phi) is 4.89. The Bertz CT molecular complexity index is 595. The zero-order valence-corrected chi connectivity index (χ0v) is 11.8. The first-order valence-corrected chi connectivity index (χ1v) is 6.10. The lowest BCUT2D eigenvalue weighted by Crippen LogP contribution is -2.53. The highest BCUT2D eigenvalue weighted by molar-refractivity contribution is 5.98. The van der Waals surface area contributed by atoms with Crippen LogP contribution in [0.1, 0.15) is 35.3 Å². The summed E-state index contributed by atoms with van der Waals surface area (Å²) in [6.07, 6.45) is 0. The smallest absolute Gasteiger partial charge is 0.252 e. The Morgan fingerprint density at radius 3 is 2.60 bits per heavy atom. The molecule has 0 fully saturated rings. The van der Waals surface area contributed by atoms with E-state index in [0.717, 1.165) is 5.56 Å². The van der Waals surface area contributed by atoms with Crippen LogP contribution >= 0.6 is 0 Å². The molecule has 20 heavy (non-hydrogen) atoms. The second-order valence-corrected chi connectivity index (χ2v) is 4.93. The van der Waals surface area contributed by atoms with Crippen molar-refractivity contribution in [1.82, 2.24) is 5.32 Å². The fourth-order valence-electron chi connectivity index (χ4n) is 1.45. The van der Waals surface area contributed by atoms with E-state index in [2.05, 4.69) is 17.2 Å². The van der Waals surface area contributed by atoms with Crippen LogP contribution in [0.3, 0.4) is 0 Å². The van der Waals surface area contributed by atoms with Crippen molar-refractivity contribution in [1.29, 1.82) is 0 Å². The van der Waals surface area contributed by atoms with Crippen molar-refractivity contribution < 1.29 is 14.7 Å². The van der Waals surface area contributed by atoms with E-state index in [1.165, 1.54) is 13.8 Å². The number of rotatable bonds is 3. The van der Waals surface area contributed by atoms with Gasteiger partial charge in [-0.05, 0) is 38.5 Å². The summed E-state index contributed by atoms with van der Waals surface area (Å²) in [4.78, 5) is 23.3. The number of benzene rings is 1. The number of amides is 2. The second-order valence-electron chi connectivity index (χ2n) is 4.93. The van der Waals surface area contributed by atoms with Gasteiger partial charge in [0.05, 0.1) is 0 Å². The van der Waals surface area contributed by atoms with Gasteiger partial charge in [-0.1, -0.05) is 17.9 Å². The number of carbonyl (C=O) groups excluding carboxylic acids is 2. The molecule has 5 nitrogen and oxygen atoms in total. The molecule has 1 aromatic carbocycles. The molecule has 0 saturated heterocycles. The Balaban J connectivity index is 3.03. The van der Waals surface area contributed by atoms with Crippen LogP contribution in [0.15, 0.2) is 18.2 Å². The van der Waals surface area contributed by atoms with Crippen LogP contribution < -0.4 is 11.1 Å². The van der Waals surface area contributed by atoms with Crippen molar-refractivity contribution in [3.63, 3.8) is 0 Å². The van der Waals surface area contributed by atoms with Crippen LogP contribution in [0.5, 0.6) is 0 Å². The van der Waals surface area contributed by atoms with E-state index in [1.54, 1.807) is 18.2 Å². The summed E-state index contributed by atoms with van der Waals surface area (Å²) in [6, 6.07) is 5.02. The van der Waals surface area contributed by atoms with Gasteiger partial charge < -0.3 is 16.2 Å². The maximum absolute atomic E-state index is 12.1. The highest BCUT2D eigenvalue weighted by Crippen LogP contribution is 2.11. The van der Waals surface area contributed by atoms with E-state index >= 15 is 0 Å². The van der Waals surface area contributed by atoms with Gasteiger partial charge in [0, 0.05) is 11.1 Å². The molecule has 0 aliphatic rings. The van der Waals surface area contributed by atoms with Crippen molar-refractivity contribution in [2.75, 3.05) is 6.61 Å². The van der Waals surface area contributed by atoms with Crippen molar-refractivity contribution in [3.8, 4) is 11.8 Å². The van der Waals surface area contributed by atoms with Gasteiger partial charge in [-0.25, -0.2) is 0 Å². The molecular formula is C15H18N2O3. The van der Waals surface area contributed by atoms with Crippen LogP contribution in [0, 0.1) is 18.8 Å². The zero-order chi connectivity index (χ0) is 15.3. The van der Waals surface area contributed by atoms with Crippen molar-refractivity contribution in [2.45, 2.75) is 26.3 Å². The van der Waals surface area contributed by atoms with Crippen molar-refractivity contribution >= 4 is 11.8 Å². The molecule has 0 aliphatic carbocycles. The van der Waals surface area contributed by atoms with E-state index in [9.17, 15) is 9.59 Å². The van der Waals surface area contributed by atoms with Gasteiger partial charge in [0.2, 0.25) is 5.91 Å². The zero-order valence-electron chi connectivity index (χ0n) is 11.8. The Morgan fingerprint density at radius 1 is 1.40 bits per heavy atom. The number of hydrogen-bond donors (Lipinski definition) is 3. The molecule has 0 radical (unpaired) electrons. The molecule has 0 spiro atoms. The molecule has 0 atom stereocenters. The monoisotopic (exact) mass is 274 g/mol. The molecule has 0 saturated carbocycles. The lowest BCUT2D eigenvalue weighted by molar-refractivity contribution is -0.122. The Labute approximate surface area is 118 Å². The number of aryl methyl sites for hydroxylation is 1. The molecule has 5 heteroatoms. The number of hydrogen-bond acceptors (Lipinski definition) is 3. The predicted molar refractivity (Wildman–Crippen MR) is 75.9 cm³/mol. The fraction of sp³-hybridized carbons (Fsp3) is 0.333. The first-order chi connectivity index (χ1) is 9.27. The van der Waals surface area contributed by atoms with Crippen LogP contribution in [0.2, 0.25) is 0 Å². The number of primary amides is 1. The normalized spacial score (nSPS) is 10.4. The third kappa shape index (κ3) is 3.84. The standard InChI is InChI=1S/C15H18N2O3/c1-10-6-7-12(9-11(10)5-4-8-18)13(19)17-15(2,3)14(16)20/h6-7,9,18H,8H2,1-3H3,(H2,16,20)(H,17,19). The van der Waals surface area contributed by atoms with E-state index in [0.29, 0.717) is 11.1 Å². The summed E-state index contributed by atoms with van der Waals surface area (Å²) in [5, 5.41) is 11.3. The van der Waals surface area contributed by atoms with Crippen LogP contribution in [-0.2, 0) is 4.79 Å². The minimum absolute atomic E-state index is 0.245. The Hall–Kier alpha value is -2.32. The van der Waals surface area contributed by atoms with E-state index in [4.69, 9.17) is 10.8 Å². The summed E-state index contributed by atoms with van der Waals surface area (Å²) in [6.45, 7) is 4.68. The van der Waals surface area contributed by atoms with E-state index in [1.807, 2.05) is 6.92 Å². The van der Waals surface area contributed by atoms with Gasteiger partial charge in [0.25, 0.3) is 5.91 Å². The minimum Gasteiger partial charge on any atom is -0.384 e. The third-order valence-electron chi connectivity index (χ3n) is 2.84. The van der Waals surface area contributed by atoms with Gasteiger partial charge in [0.1, 0.15) is 12.1 Å². The molecule has 4 N–H and O–H groups in total. The molecule has 0 aliphatic heterocycles. The van der Waals surface area contributed by atoms with Crippen LogP contribution in [0.25, 0.3) is 0 Å². The number of aliphatic hydroxyl groups is 1. The molecule has 0 unspecified atom stereocenters. The molecule has 0 aromatic heterocycles. The van der Waals surface area contributed by atoms with Crippen molar-refractivity contribution in [2.24, 2.45) is 5.73 Å². The maximum Gasteiger partial charge on any atom is 0.252 e. The topological polar surface area (TPSA) is 92.4 Å². The van der Waals surface area contributed by atoms with Gasteiger partial charge in [0.15, 0.2) is 0 Å². The average Bonchev–Trinajstić information content (AvgIpc) is 2.37. The minimum atomic E-state index is -1.13. The summed E-state index contributed by atoms with van der Waals surface area (Å²) >= 11 is 0. The maximum atomic E-state index is 12.1. The molecule has 0 heterocycles. The van der Waals surface area contributed by atoms with Gasteiger partial charge in [-0.3, -0.25) is 9.59 Å². The molecule has 1 rings (SSSR count). The van der Waals surface area contributed by atoms with E-state index < -0.39 is 17.4 Å². The summed E-state index contributed by atoms with van der Waals surface area (Å²) < 4.78 is 0. The average molecular weight is 274 g/mol. The van der Waals surface area contributed by atoms with Crippen LogP contribution in [-0.4, -0.2) is 29.1 Å². The number of aliphatic hydroxyl groups excluding tert-OH is 1. The number of carbonyl (C=O) groups is 2. The molecule has 0 bridgehead atoms. The molecule has 106 valence electrons. The first-order valence-electron chi connectivity index (χ1n) is 6.10. The van der Waals surface area contributed by atoms with Crippen molar-refractivity contribution in [3.05, 3.63) is 34.9 Å². The lowest BCUT2D eigenvalue weighted by Gasteiger charge is -2.22. The first kappa shape index (κ1) is 15.7. The largest absolute Gasteiger partial charge is 0.384 e. The fourth-order valence-corrected chi connectivity index (χ4v) is 1.45. The predicted octanol–water partition coefficient (Wildman–Crippen LogP) is 0.333. The SMILES string of the molecule is Cc1ccc(C(=O)NC(C)(C)C(N)=O)cc1C#CCO. The molecule has 1 aromatic rings. The van der Waals surface area contributed by atoms with Gasteiger partial charge in [-0.2, -0.15) is 0 Å². The summed E-state index contributed by atoms with van der Waals surface area (Å²) in [5.41, 5.74) is 6.02. The van der Waals surface area contributed by atoms with Gasteiger partial charge >= 0.3 is 0 Å². The molecule has 2 amide bonds. The number of nitrogens with one attached hydrogen (secondary N) is 1. The molecular weight excluding hydrogens is 256 g/mol. The number of nitrogens with two attached hydrogens (primary N) is 1. The lowest BCUT2D eigenvalue weighted by atomic mass is 10.0. The summed E-state index contributed by atoms with van der Waals surface area (Å²) in [7, 11) is 0.